The molecule has 3 heterocycles. The van der Waals surface area contributed by atoms with Gasteiger partial charge in [-0.2, -0.15) is 8.42 Å². The van der Waals surface area contributed by atoms with Crippen molar-refractivity contribution in [2.75, 3.05) is 25.6 Å². The molecule has 1 N–H and O–H groups in total. The summed E-state index contributed by atoms with van der Waals surface area (Å²) in [5.41, 5.74) is 3.88. The highest BCUT2D eigenvalue weighted by atomic mass is 32.2. The van der Waals surface area contributed by atoms with Gasteiger partial charge in [0.1, 0.15) is 0 Å². The van der Waals surface area contributed by atoms with Gasteiger partial charge in [0.25, 0.3) is 27.8 Å². The number of hydrogen-bond donors (Lipinski definition) is 1. The summed E-state index contributed by atoms with van der Waals surface area (Å²) >= 11 is 0. The number of rotatable bonds is 14. The molecule has 0 spiro atoms. The van der Waals surface area contributed by atoms with Crippen LogP contribution >= 0.6 is 0 Å². The Morgan fingerprint density at radius 3 is 2.34 bits per heavy atom. The average molecular weight is 749 g/mol. The third-order valence-corrected chi connectivity index (χ3v) is 10.5. The van der Waals surface area contributed by atoms with E-state index < -0.39 is 38.7 Å². The van der Waals surface area contributed by atoms with Gasteiger partial charge in [-0.05, 0) is 67.3 Å². The Balaban J connectivity index is 1.49. The fraction of sp³-hybridized carbons (Fsp3) is 0.410. The van der Waals surface area contributed by atoms with Crippen molar-refractivity contribution in [3.8, 4) is 0 Å². The molecule has 0 radical (unpaired) electrons. The van der Waals surface area contributed by atoms with Gasteiger partial charge in [-0.3, -0.25) is 28.8 Å². The SMILES string of the molecule is C=C1N=C(/C=C/C=C/C=C2/N(CCCCCC(=O)ON3C(=O)CCC3=O)c3ccc(S(=O)(=O)O)cc3C2(C)C)C(C)(C)/C1=C/C(=C\C)C(=O)N(C)OC. The molecule has 0 atom stereocenters. The standard InChI is InChI=1S/C39H48N4O9S/c1-9-27(37(47)41(7)51-8)24-29-26(2)40-32(38(29,3)4)16-12-10-13-17-33-39(5,6)30-25-28(53(48,49)50)19-20-31(30)42(33)23-15-11-14-18-36(46)52-43-34(44)21-22-35(43)45/h9-10,12-13,16-17,19-20,24-25H,2,11,14-15,18,21-23H2,1,3-8H3,(H,48,49,50)/b13-10+,16-12+,27-9+,29-24+,33-17+. The highest BCUT2D eigenvalue weighted by Crippen LogP contribution is 2.48. The maximum atomic E-state index is 12.7. The van der Waals surface area contributed by atoms with Crippen LogP contribution in [0.15, 0.2) is 99.7 Å². The number of nitrogens with zero attached hydrogens (tertiary/aromatic N) is 4. The summed E-state index contributed by atoms with van der Waals surface area (Å²) in [6.07, 6.45) is 14.9. The largest absolute Gasteiger partial charge is 0.344 e. The van der Waals surface area contributed by atoms with Crippen LogP contribution in [0.25, 0.3) is 0 Å². The number of amides is 3. The van der Waals surface area contributed by atoms with Crippen LogP contribution < -0.4 is 4.90 Å². The molecule has 0 aromatic heterocycles. The Morgan fingerprint density at radius 2 is 1.72 bits per heavy atom. The smallest absolute Gasteiger partial charge is 0.333 e. The summed E-state index contributed by atoms with van der Waals surface area (Å²) in [6, 6.07) is 4.56. The Morgan fingerprint density at radius 1 is 1.04 bits per heavy atom. The van der Waals surface area contributed by atoms with E-state index in [1.54, 1.807) is 32.2 Å². The highest BCUT2D eigenvalue weighted by molar-refractivity contribution is 7.85. The summed E-state index contributed by atoms with van der Waals surface area (Å²) in [4.78, 5) is 65.1. The molecular formula is C39H48N4O9S. The molecule has 0 unspecified atom stereocenters. The lowest BCUT2D eigenvalue weighted by atomic mass is 9.80. The Bertz CT molecular complexity index is 1970. The number of carbonyl (C=O) groups is 4. The van der Waals surface area contributed by atoms with Crippen molar-refractivity contribution in [1.29, 1.82) is 0 Å². The zero-order valence-electron chi connectivity index (χ0n) is 31.3. The third-order valence-electron chi connectivity index (χ3n) is 9.65. The van der Waals surface area contributed by atoms with E-state index in [2.05, 4.69) is 16.5 Å². The zero-order chi connectivity index (χ0) is 39.3. The van der Waals surface area contributed by atoms with Crippen molar-refractivity contribution in [3.05, 3.63) is 95.4 Å². The van der Waals surface area contributed by atoms with Gasteiger partial charge in [-0.25, -0.2) is 9.86 Å². The van der Waals surface area contributed by atoms with Crippen molar-refractivity contribution in [1.82, 2.24) is 10.1 Å². The van der Waals surface area contributed by atoms with Crippen molar-refractivity contribution in [2.45, 2.75) is 83.5 Å². The molecule has 0 bridgehead atoms. The number of likely N-dealkylation sites (N-methyl/N-ethyl adjacent to an activating group) is 1. The molecule has 13 nitrogen and oxygen atoms in total. The van der Waals surface area contributed by atoms with Gasteiger partial charge in [0.2, 0.25) is 0 Å². The van der Waals surface area contributed by atoms with E-state index in [-0.39, 0.29) is 30.1 Å². The van der Waals surface area contributed by atoms with Crippen LogP contribution in [0.2, 0.25) is 0 Å². The first-order chi connectivity index (χ1) is 24.8. The summed E-state index contributed by atoms with van der Waals surface area (Å²) in [7, 11) is -1.46. The number of anilines is 1. The minimum Gasteiger partial charge on any atom is -0.344 e. The van der Waals surface area contributed by atoms with E-state index in [1.165, 1.54) is 19.2 Å². The first-order valence-electron chi connectivity index (χ1n) is 17.3. The predicted octanol–water partition coefficient (Wildman–Crippen LogP) is 6.08. The lowest BCUT2D eigenvalue weighted by Crippen LogP contribution is -2.32. The van der Waals surface area contributed by atoms with Crippen LogP contribution in [0.1, 0.15) is 78.7 Å². The Hall–Kier alpha value is -4.92. The maximum Gasteiger partial charge on any atom is 0.333 e. The molecule has 0 aliphatic carbocycles. The fourth-order valence-electron chi connectivity index (χ4n) is 6.48. The first kappa shape index (κ1) is 40.8. The molecule has 1 aromatic rings. The number of benzene rings is 1. The van der Waals surface area contributed by atoms with Crippen LogP contribution in [-0.2, 0) is 44.4 Å². The second-order valence-electron chi connectivity index (χ2n) is 13.9. The van der Waals surface area contributed by atoms with Crippen LogP contribution in [0.5, 0.6) is 0 Å². The molecule has 284 valence electrons. The molecule has 3 aliphatic heterocycles. The number of unbranched alkanes of at least 4 members (excludes halogenated alkanes) is 2. The number of hydrogen-bond acceptors (Lipinski definition) is 10. The number of imide groups is 1. The van der Waals surface area contributed by atoms with Gasteiger partial charge < -0.3 is 9.74 Å². The Kier molecular flexibility index (Phi) is 12.6. The predicted molar refractivity (Wildman–Crippen MR) is 201 cm³/mol. The van der Waals surface area contributed by atoms with Crippen LogP contribution in [0.3, 0.4) is 0 Å². The molecule has 1 fully saturated rings. The maximum absolute atomic E-state index is 12.7. The molecular weight excluding hydrogens is 701 g/mol. The summed E-state index contributed by atoms with van der Waals surface area (Å²) in [5, 5.41) is 1.70. The van der Waals surface area contributed by atoms with E-state index in [1.807, 2.05) is 58.1 Å². The van der Waals surface area contributed by atoms with Crippen LogP contribution in [0.4, 0.5) is 5.69 Å². The average Bonchev–Trinajstić information content (AvgIpc) is 3.61. The molecule has 4 rings (SSSR count). The van der Waals surface area contributed by atoms with E-state index >= 15 is 0 Å². The number of carbonyl (C=O) groups excluding carboxylic acids is 4. The fourth-order valence-corrected chi connectivity index (χ4v) is 6.98. The van der Waals surface area contributed by atoms with Crippen molar-refractivity contribution >= 4 is 45.2 Å². The Labute approximate surface area is 311 Å². The normalized spacial score (nSPS) is 20.0. The lowest BCUT2D eigenvalue weighted by Gasteiger charge is -2.27. The number of hydroxylamine groups is 4. The number of aliphatic imine (C=N–C) groups is 1. The quantitative estimate of drug-likeness (QED) is 0.0589. The summed E-state index contributed by atoms with van der Waals surface area (Å²) in [5.74, 6) is -1.98. The second kappa shape index (κ2) is 16.4. The van der Waals surface area contributed by atoms with Crippen molar-refractivity contribution in [2.24, 2.45) is 10.4 Å². The van der Waals surface area contributed by atoms with Crippen LogP contribution in [0, 0.1) is 5.41 Å². The van der Waals surface area contributed by atoms with E-state index in [0.717, 1.165) is 33.3 Å². The highest BCUT2D eigenvalue weighted by Gasteiger charge is 2.41. The van der Waals surface area contributed by atoms with Crippen LogP contribution in [-0.4, -0.2) is 73.2 Å². The minimum atomic E-state index is -4.42. The molecule has 0 saturated carbocycles. The van der Waals surface area contributed by atoms with Crippen molar-refractivity contribution < 1.29 is 41.8 Å². The third kappa shape index (κ3) is 9.00. The monoisotopic (exact) mass is 748 g/mol. The molecule has 14 heteroatoms. The number of fused-ring (bicyclic) bond motifs is 1. The summed E-state index contributed by atoms with van der Waals surface area (Å²) in [6.45, 7) is 14.4. The molecule has 1 saturated heterocycles. The van der Waals surface area contributed by atoms with Gasteiger partial charge in [-0.1, -0.05) is 65.0 Å². The van der Waals surface area contributed by atoms with Gasteiger partial charge in [0, 0.05) is 60.6 Å². The van der Waals surface area contributed by atoms with Gasteiger partial charge in [0.15, 0.2) is 0 Å². The van der Waals surface area contributed by atoms with Gasteiger partial charge in [-0.15, -0.1) is 5.06 Å². The molecule has 53 heavy (non-hydrogen) atoms. The molecule has 1 aromatic carbocycles. The van der Waals surface area contributed by atoms with Gasteiger partial charge in [0.05, 0.1) is 23.4 Å². The van der Waals surface area contributed by atoms with Gasteiger partial charge >= 0.3 is 5.97 Å². The first-order valence-corrected chi connectivity index (χ1v) is 18.8. The second-order valence-corrected chi connectivity index (χ2v) is 15.4. The summed E-state index contributed by atoms with van der Waals surface area (Å²) < 4.78 is 33.8. The molecule has 3 aliphatic rings. The van der Waals surface area contributed by atoms with Crippen molar-refractivity contribution in [3.63, 3.8) is 0 Å². The van der Waals surface area contributed by atoms with E-state index in [9.17, 15) is 32.1 Å². The van der Waals surface area contributed by atoms with E-state index in [0.29, 0.717) is 42.1 Å². The zero-order valence-corrected chi connectivity index (χ0v) is 32.2. The van der Waals surface area contributed by atoms with E-state index in [4.69, 9.17) is 9.68 Å². The number of allylic oxidation sites excluding steroid dienone is 8. The molecule has 3 amide bonds. The lowest BCUT2D eigenvalue weighted by molar-refractivity contribution is -0.197. The topological polar surface area (TPSA) is 163 Å². The minimum absolute atomic E-state index is 0.0329.